The van der Waals surface area contributed by atoms with E-state index in [2.05, 4.69) is 386 Å². The molecule has 15 aromatic rings. The highest BCUT2D eigenvalue weighted by atomic mass is 15.2. The van der Waals surface area contributed by atoms with Crippen molar-refractivity contribution in [1.29, 1.82) is 0 Å². The van der Waals surface area contributed by atoms with Crippen LogP contribution in [-0.2, 0) is 0 Å². The number of benzene rings is 15. The highest BCUT2D eigenvalue weighted by molar-refractivity contribution is 7.00. The molecule has 94 heavy (non-hydrogen) atoms. The van der Waals surface area contributed by atoms with Crippen LogP contribution in [0.4, 0.5) is 34.1 Å². The zero-order chi connectivity index (χ0) is 62.3. The molecule has 0 radical (unpaired) electrons. The fourth-order valence-electron chi connectivity index (χ4n) is 15.0. The topological polar surface area (TPSA) is 6.48 Å². The number of fused-ring (bicyclic) bond motifs is 4. The largest absolute Gasteiger partial charge is 0.312 e. The number of para-hydroxylation sites is 4. The lowest BCUT2D eigenvalue weighted by atomic mass is 9.33. The van der Waals surface area contributed by atoms with E-state index in [1.807, 2.05) is 0 Å². The molecule has 17 rings (SSSR count). The Morgan fingerprint density at radius 1 is 0.170 bits per heavy atom. The van der Waals surface area contributed by atoms with Crippen LogP contribution in [0.25, 0.3) is 89.0 Å². The third-order valence-corrected chi connectivity index (χ3v) is 19.2. The molecule has 2 aliphatic rings. The van der Waals surface area contributed by atoms with E-state index in [9.17, 15) is 0 Å². The molecule has 0 amide bonds. The van der Waals surface area contributed by atoms with Crippen LogP contribution in [0, 0.1) is 0 Å². The summed E-state index contributed by atoms with van der Waals surface area (Å²) in [6, 6.07) is 139. The van der Waals surface area contributed by atoms with Crippen molar-refractivity contribution in [3.8, 4) is 89.0 Å². The Hall–Kier alpha value is -12.0. The monoisotopic (exact) mass is 1190 g/mol. The summed E-state index contributed by atoms with van der Waals surface area (Å²) in [5, 5.41) is 0. The minimum Gasteiger partial charge on any atom is -0.312 e. The lowest BCUT2D eigenvalue weighted by Gasteiger charge is -2.40. The molecule has 0 spiro atoms. The van der Waals surface area contributed by atoms with Crippen molar-refractivity contribution in [3.05, 3.63) is 376 Å². The van der Waals surface area contributed by atoms with Crippen molar-refractivity contribution in [2.75, 3.05) is 9.80 Å². The Morgan fingerprint density at radius 2 is 0.511 bits per heavy atom. The maximum atomic E-state index is 2.58. The van der Waals surface area contributed by atoms with Crippen LogP contribution in [0.15, 0.2) is 376 Å². The Bertz CT molecular complexity index is 5150. The van der Waals surface area contributed by atoms with Gasteiger partial charge in [-0.2, -0.15) is 0 Å². The van der Waals surface area contributed by atoms with Crippen LogP contribution in [0.1, 0.15) is 0 Å². The van der Waals surface area contributed by atoms with Crippen LogP contribution in [0.3, 0.4) is 0 Å². The average Bonchev–Trinajstić information content (AvgIpc) is 0.726. The van der Waals surface area contributed by atoms with Crippen LogP contribution in [0.2, 0.25) is 0 Å². The molecule has 438 valence electrons. The fraction of sp³-hybridized carbons (Fsp3) is 0. The molecule has 0 N–H and O–H groups in total. The SMILES string of the molecule is c1ccc(-c2cc(-c3ccccc3)c(B3c4ccccc4N(c4c(-c5ccccc5)cc(-c5ccccc5)cc4-c4ccccc4)c4ccccc43)c(-c3cccc(-c4ccc5c(c4)N(c4ccccc4)c4ccccc4B5c4ccccc4-c4ccccc4)c3)c2)cc1. The van der Waals surface area contributed by atoms with Crippen molar-refractivity contribution in [1.82, 2.24) is 0 Å². The van der Waals surface area contributed by atoms with E-state index in [0.29, 0.717) is 0 Å². The highest BCUT2D eigenvalue weighted by Gasteiger charge is 2.41. The first-order chi connectivity index (χ1) is 46.7. The van der Waals surface area contributed by atoms with Gasteiger partial charge in [-0.15, -0.1) is 0 Å². The van der Waals surface area contributed by atoms with Crippen LogP contribution in [0.5, 0.6) is 0 Å². The standard InChI is InChI=1S/C90H62B2N2/c1-8-31-63(32-9-1)72-58-76(66-37-14-4-15-38-66)89(92-82-50-25-28-53-86(82)94(87-54-29-26-51-83(87)92)90-78(67-39-16-5-17-40-67)60-73(64-33-10-2-11-34-64)61-79(90)68-41-18-6-19-42-68)77(59-72)71-44-30-43-69(57-71)70-55-56-84-88(62-70)93(74-45-20-7-21-46-74)85-52-27-24-49-81(85)91(84)80-48-23-22-47-75(80)65-35-12-3-13-36-65/h1-62H. The molecule has 0 fully saturated rings. The van der Waals surface area contributed by atoms with Crippen LogP contribution < -0.4 is 42.6 Å². The number of hydrogen-bond acceptors (Lipinski definition) is 2. The van der Waals surface area contributed by atoms with Gasteiger partial charge in [-0.1, -0.05) is 320 Å². The second kappa shape index (κ2) is 24.3. The van der Waals surface area contributed by atoms with Gasteiger partial charge in [0.25, 0.3) is 0 Å². The molecule has 2 heterocycles. The first kappa shape index (κ1) is 56.0. The van der Waals surface area contributed by atoms with Gasteiger partial charge in [-0.25, -0.2) is 0 Å². The summed E-state index contributed by atoms with van der Waals surface area (Å²) in [6.07, 6.45) is 0. The molecule has 4 heteroatoms. The first-order valence-electron chi connectivity index (χ1n) is 32.6. The third-order valence-electron chi connectivity index (χ3n) is 19.2. The third kappa shape index (κ3) is 10.0. The van der Waals surface area contributed by atoms with E-state index < -0.39 is 0 Å². The van der Waals surface area contributed by atoms with Crippen molar-refractivity contribution in [2.45, 2.75) is 0 Å². The quantitative estimate of drug-likeness (QED) is 0.113. The fourth-order valence-corrected chi connectivity index (χ4v) is 15.0. The highest BCUT2D eigenvalue weighted by Crippen LogP contribution is 2.50. The van der Waals surface area contributed by atoms with Gasteiger partial charge in [0.05, 0.1) is 5.69 Å². The second-order valence-corrected chi connectivity index (χ2v) is 24.6. The van der Waals surface area contributed by atoms with Crippen molar-refractivity contribution in [2.24, 2.45) is 0 Å². The van der Waals surface area contributed by atoms with E-state index >= 15 is 0 Å². The summed E-state index contributed by atoms with van der Waals surface area (Å²) in [5.41, 5.74) is 33.1. The minimum atomic E-state index is -0.204. The molecular weight excluding hydrogens is 1130 g/mol. The van der Waals surface area contributed by atoms with E-state index in [1.54, 1.807) is 0 Å². The zero-order valence-corrected chi connectivity index (χ0v) is 51.8. The van der Waals surface area contributed by atoms with Crippen molar-refractivity contribution < 1.29 is 0 Å². The Labute approximate surface area is 551 Å². The molecular formula is C90H62B2N2. The Balaban J connectivity index is 0.892. The maximum Gasteiger partial charge on any atom is 0.248 e. The van der Waals surface area contributed by atoms with Gasteiger partial charge in [0.15, 0.2) is 0 Å². The smallest absolute Gasteiger partial charge is 0.248 e. The second-order valence-electron chi connectivity index (χ2n) is 24.6. The molecule has 0 bridgehead atoms. The summed E-state index contributed by atoms with van der Waals surface area (Å²) < 4.78 is 0. The van der Waals surface area contributed by atoms with E-state index in [0.717, 1.165) is 67.3 Å². The first-order valence-corrected chi connectivity index (χ1v) is 32.6. The molecule has 0 saturated carbocycles. The molecule has 0 aliphatic carbocycles. The number of nitrogens with zero attached hydrogens (tertiary/aromatic N) is 2. The predicted octanol–water partition coefficient (Wildman–Crippen LogP) is 19.6. The molecule has 0 atom stereocenters. The lowest BCUT2D eigenvalue weighted by Crippen LogP contribution is -2.58. The van der Waals surface area contributed by atoms with E-state index in [1.165, 1.54) is 88.7 Å². The number of hydrogen-bond donors (Lipinski definition) is 0. The van der Waals surface area contributed by atoms with E-state index in [-0.39, 0.29) is 13.4 Å². The number of rotatable bonds is 12. The molecule has 2 aliphatic heterocycles. The van der Waals surface area contributed by atoms with Gasteiger partial charge < -0.3 is 9.80 Å². The normalized spacial score (nSPS) is 12.2. The number of anilines is 6. The van der Waals surface area contributed by atoms with Crippen LogP contribution >= 0.6 is 0 Å². The van der Waals surface area contributed by atoms with Gasteiger partial charge in [0, 0.05) is 39.6 Å². The van der Waals surface area contributed by atoms with Gasteiger partial charge in [-0.05, 0) is 166 Å². The van der Waals surface area contributed by atoms with Gasteiger partial charge in [-0.3, -0.25) is 0 Å². The summed E-state index contributed by atoms with van der Waals surface area (Å²) in [7, 11) is 0. The zero-order valence-electron chi connectivity index (χ0n) is 51.8. The summed E-state index contributed by atoms with van der Waals surface area (Å²) in [4.78, 5) is 5.07. The Morgan fingerprint density at radius 3 is 1.02 bits per heavy atom. The molecule has 15 aromatic carbocycles. The molecule has 0 aromatic heterocycles. The van der Waals surface area contributed by atoms with Gasteiger partial charge >= 0.3 is 0 Å². The average molecular weight is 1190 g/mol. The maximum absolute atomic E-state index is 2.58. The predicted molar refractivity (Wildman–Crippen MR) is 401 cm³/mol. The molecule has 0 saturated heterocycles. The summed E-state index contributed by atoms with van der Waals surface area (Å²) >= 11 is 0. The van der Waals surface area contributed by atoms with Gasteiger partial charge in [0.2, 0.25) is 13.4 Å². The summed E-state index contributed by atoms with van der Waals surface area (Å²) in [6.45, 7) is -0.228. The van der Waals surface area contributed by atoms with Crippen LogP contribution in [-0.4, -0.2) is 13.4 Å². The van der Waals surface area contributed by atoms with Crippen molar-refractivity contribution in [3.63, 3.8) is 0 Å². The molecule has 0 unspecified atom stereocenters. The van der Waals surface area contributed by atoms with E-state index in [4.69, 9.17) is 0 Å². The van der Waals surface area contributed by atoms with Gasteiger partial charge in [0.1, 0.15) is 0 Å². The van der Waals surface area contributed by atoms with Crippen molar-refractivity contribution >= 4 is 80.3 Å². The lowest BCUT2D eigenvalue weighted by molar-refractivity contribution is 1.29. The Kier molecular flexibility index (Phi) is 14.5. The molecule has 2 nitrogen and oxygen atoms in total. The summed E-state index contributed by atoms with van der Waals surface area (Å²) in [5.74, 6) is 0. The minimum absolute atomic E-state index is 0.0247.